The predicted molar refractivity (Wildman–Crippen MR) is 94.6 cm³/mol. The molecule has 130 valence electrons. The van der Waals surface area contributed by atoms with Crippen LogP contribution in [-0.4, -0.2) is 37.3 Å². The molecule has 1 spiro atoms. The second-order valence-electron chi connectivity index (χ2n) is 6.61. The molecule has 2 aliphatic rings. The number of ether oxygens (including phenoxy) is 2. The van der Waals surface area contributed by atoms with Crippen molar-refractivity contribution in [2.45, 2.75) is 24.4 Å². The molecule has 1 fully saturated rings. The van der Waals surface area contributed by atoms with Crippen LogP contribution in [0.5, 0.6) is 5.75 Å². The van der Waals surface area contributed by atoms with Gasteiger partial charge in [-0.25, -0.2) is 9.78 Å². The standard InChI is InChI=1S/C19H21N3O3/c1-24-18(23)17-19(14-4-2-3-5-15(14)25-17)7-10-22(11-8-19)16-12-13(20)6-9-21-16/h2-6,9,12,17H,7-8,10-11H2,1H3,(H2,20,21)/t17-/m1/s1. The fourth-order valence-corrected chi connectivity index (χ4v) is 4.02. The zero-order valence-electron chi connectivity index (χ0n) is 14.1. The number of methoxy groups -OCH3 is 1. The van der Waals surface area contributed by atoms with Crippen molar-refractivity contribution in [3.8, 4) is 5.75 Å². The van der Waals surface area contributed by atoms with Gasteiger partial charge in [-0.15, -0.1) is 0 Å². The van der Waals surface area contributed by atoms with E-state index in [1.807, 2.05) is 24.3 Å². The van der Waals surface area contributed by atoms with Crippen LogP contribution in [0.1, 0.15) is 18.4 Å². The lowest BCUT2D eigenvalue weighted by Crippen LogP contribution is -2.51. The minimum atomic E-state index is -0.592. The molecule has 2 aliphatic heterocycles. The Hall–Kier alpha value is -2.76. The Bertz CT molecular complexity index is 800. The molecule has 0 unspecified atom stereocenters. The summed E-state index contributed by atoms with van der Waals surface area (Å²) in [5, 5.41) is 0. The number of benzene rings is 1. The Morgan fingerprint density at radius 3 is 2.80 bits per heavy atom. The Morgan fingerprint density at radius 1 is 1.32 bits per heavy atom. The lowest BCUT2D eigenvalue weighted by atomic mass is 9.70. The molecule has 0 radical (unpaired) electrons. The van der Waals surface area contributed by atoms with Crippen LogP contribution in [0, 0.1) is 0 Å². The molecule has 25 heavy (non-hydrogen) atoms. The molecule has 6 heteroatoms. The topological polar surface area (TPSA) is 77.7 Å². The van der Waals surface area contributed by atoms with Gasteiger partial charge in [-0.05, 0) is 25.0 Å². The van der Waals surface area contributed by atoms with Gasteiger partial charge in [0, 0.05) is 36.6 Å². The van der Waals surface area contributed by atoms with E-state index in [0.29, 0.717) is 5.69 Å². The van der Waals surface area contributed by atoms with Crippen molar-refractivity contribution in [1.29, 1.82) is 0 Å². The number of hydrogen-bond donors (Lipinski definition) is 1. The van der Waals surface area contributed by atoms with Crippen LogP contribution in [0.25, 0.3) is 0 Å². The number of anilines is 2. The average Bonchev–Trinajstić information content (AvgIpc) is 2.96. The molecule has 1 aromatic carbocycles. The molecule has 4 rings (SSSR count). The largest absolute Gasteiger partial charge is 0.477 e. The van der Waals surface area contributed by atoms with E-state index in [1.165, 1.54) is 7.11 Å². The molecule has 1 atom stereocenters. The van der Waals surface area contributed by atoms with E-state index in [4.69, 9.17) is 15.2 Å². The van der Waals surface area contributed by atoms with E-state index in [9.17, 15) is 4.79 Å². The van der Waals surface area contributed by atoms with Gasteiger partial charge >= 0.3 is 5.97 Å². The van der Waals surface area contributed by atoms with Crippen molar-refractivity contribution < 1.29 is 14.3 Å². The highest BCUT2D eigenvalue weighted by Gasteiger charge is 2.54. The zero-order valence-corrected chi connectivity index (χ0v) is 14.1. The number of esters is 1. The zero-order chi connectivity index (χ0) is 17.4. The van der Waals surface area contributed by atoms with Gasteiger partial charge < -0.3 is 20.1 Å². The number of para-hydroxylation sites is 1. The average molecular weight is 339 g/mol. The van der Waals surface area contributed by atoms with E-state index in [1.54, 1.807) is 12.3 Å². The predicted octanol–water partition coefficient (Wildman–Crippen LogP) is 2.14. The summed E-state index contributed by atoms with van der Waals surface area (Å²) in [6.07, 6.45) is 2.71. The van der Waals surface area contributed by atoms with Gasteiger partial charge in [0.2, 0.25) is 6.10 Å². The van der Waals surface area contributed by atoms with Gasteiger partial charge in [0.25, 0.3) is 0 Å². The molecule has 0 saturated carbocycles. The Labute approximate surface area is 146 Å². The van der Waals surface area contributed by atoms with E-state index in [2.05, 4.69) is 16.0 Å². The number of fused-ring (bicyclic) bond motifs is 2. The third kappa shape index (κ3) is 2.49. The monoisotopic (exact) mass is 339 g/mol. The first-order valence-electron chi connectivity index (χ1n) is 8.44. The summed E-state index contributed by atoms with van der Waals surface area (Å²) in [4.78, 5) is 19.0. The minimum absolute atomic E-state index is 0.313. The summed E-state index contributed by atoms with van der Waals surface area (Å²) >= 11 is 0. The summed E-state index contributed by atoms with van der Waals surface area (Å²) < 4.78 is 11.0. The SMILES string of the molecule is COC(=O)[C@H]1Oc2ccccc2C12CCN(c1cc(N)ccn1)CC2. The van der Waals surface area contributed by atoms with Gasteiger partial charge in [-0.2, -0.15) is 0 Å². The quantitative estimate of drug-likeness (QED) is 0.845. The van der Waals surface area contributed by atoms with Crippen molar-refractivity contribution in [3.63, 3.8) is 0 Å². The van der Waals surface area contributed by atoms with Gasteiger partial charge in [-0.3, -0.25) is 0 Å². The Morgan fingerprint density at radius 2 is 2.08 bits per heavy atom. The molecule has 6 nitrogen and oxygen atoms in total. The fraction of sp³-hybridized carbons (Fsp3) is 0.368. The van der Waals surface area contributed by atoms with Crippen LogP contribution in [0.2, 0.25) is 0 Å². The van der Waals surface area contributed by atoms with Crippen LogP contribution in [0.3, 0.4) is 0 Å². The third-order valence-corrected chi connectivity index (χ3v) is 5.33. The molecule has 1 aromatic heterocycles. The smallest absolute Gasteiger partial charge is 0.348 e. The molecular formula is C19H21N3O3. The van der Waals surface area contributed by atoms with Gasteiger partial charge in [0.15, 0.2) is 0 Å². The van der Waals surface area contributed by atoms with E-state index in [0.717, 1.165) is 43.1 Å². The van der Waals surface area contributed by atoms with Crippen molar-refractivity contribution in [1.82, 2.24) is 4.98 Å². The fourth-order valence-electron chi connectivity index (χ4n) is 4.02. The molecule has 2 N–H and O–H groups in total. The number of piperidine rings is 1. The first kappa shape index (κ1) is 15.7. The molecule has 0 bridgehead atoms. The number of nitrogens with two attached hydrogens (primary N) is 1. The van der Waals surface area contributed by atoms with Crippen LogP contribution >= 0.6 is 0 Å². The molecular weight excluding hydrogens is 318 g/mol. The number of carbonyl (C=O) groups excluding carboxylic acids is 1. The maximum Gasteiger partial charge on any atom is 0.348 e. The van der Waals surface area contributed by atoms with Crippen LogP contribution in [-0.2, 0) is 14.9 Å². The normalized spacial score (nSPS) is 20.8. The summed E-state index contributed by atoms with van der Waals surface area (Å²) in [5.74, 6) is 1.34. The van der Waals surface area contributed by atoms with Gasteiger partial charge in [0.05, 0.1) is 12.5 Å². The summed E-state index contributed by atoms with van der Waals surface area (Å²) in [6.45, 7) is 1.56. The lowest BCUT2D eigenvalue weighted by Gasteiger charge is -2.41. The van der Waals surface area contributed by atoms with Gasteiger partial charge in [0.1, 0.15) is 11.6 Å². The first-order valence-corrected chi connectivity index (χ1v) is 8.44. The highest BCUT2D eigenvalue weighted by Crippen LogP contribution is 2.49. The number of rotatable bonds is 2. The van der Waals surface area contributed by atoms with Crippen molar-refractivity contribution in [3.05, 3.63) is 48.2 Å². The maximum atomic E-state index is 12.4. The minimum Gasteiger partial charge on any atom is -0.477 e. The van der Waals surface area contributed by atoms with E-state index in [-0.39, 0.29) is 11.4 Å². The first-order chi connectivity index (χ1) is 12.1. The second kappa shape index (κ2) is 5.95. The molecule has 0 amide bonds. The number of hydrogen-bond acceptors (Lipinski definition) is 6. The Balaban J connectivity index is 1.64. The molecule has 3 heterocycles. The van der Waals surface area contributed by atoms with E-state index >= 15 is 0 Å². The number of carbonyl (C=O) groups is 1. The maximum absolute atomic E-state index is 12.4. The summed E-state index contributed by atoms with van der Waals surface area (Å²) in [5.41, 5.74) is 7.33. The van der Waals surface area contributed by atoms with Crippen molar-refractivity contribution in [2.75, 3.05) is 30.8 Å². The van der Waals surface area contributed by atoms with Crippen LogP contribution in [0.4, 0.5) is 11.5 Å². The summed E-state index contributed by atoms with van der Waals surface area (Å²) in [7, 11) is 1.41. The summed E-state index contributed by atoms with van der Waals surface area (Å²) in [6, 6.07) is 11.6. The second-order valence-corrected chi connectivity index (χ2v) is 6.61. The van der Waals surface area contributed by atoms with Crippen LogP contribution < -0.4 is 15.4 Å². The molecule has 0 aliphatic carbocycles. The van der Waals surface area contributed by atoms with Gasteiger partial charge in [-0.1, -0.05) is 18.2 Å². The number of aromatic nitrogens is 1. The Kier molecular flexibility index (Phi) is 3.75. The number of pyridine rings is 1. The van der Waals surface area contributed by atoms with Crippen molar-refractivity contribution >= 4 is 17.5 Å². The highest BCUT2D eigenvalue weighted by molar-refractivity contribution is 5.79. The number of nitrogens with zero attached hydrogens (tertiary/aromatic N) is 2. The third-order valence-electron chi connectivity index (χ3n) is 5.33. The molecule has 2 aromatic rings. The lowest BCUT2D eigenvalue weighted by molar-refractivity contribution is -0.151. The number of nitrogen functional groups attached to an aromatic ring is 1. The van der Waals surface area contributed by atoms with Crippen molar-refractivity contribution in [2.24, 2.45) is 0 Å². The van der Waals surface area contributed by atoms with Crippen LogP contribution in [0.15, 0.2) is 42.6 Å². The van der Waals surface area contributed by atoms with E-state index < -0.39 is 6.10 Å². The molecule has 1 saturated heterocycles. The highest BCUT2D eigenvalue weighted by atomic mass is 16.6.